The van der Waals surface area contributed by atoms with E-state index in [1.54, 1.807) is 0 Å². The van der Waals surface area contributed by atoms with Gasteiger partial charge in [0.15, 0.2) is 0 Å². The molecule has 0 saturated heterocycles. The van der Waals surface area contributed by atoms with Gasteiger partial charge < -0.3 is 4.42 Å². The lowest BCUT2D eigenvalue weighted by atomic mass is 10.00. The third-order valence-electron chi connectivity index (χ3n) is 3.65. The van der Waals surface area contributed by atoms with Crippen molar-refractivity contribution in [3.8, 4) is 0 Å². The maximum absolute atomic E-state index is 5.91. The monoisotopic (exact) mass is 244 g/mol. The van der Waals surface area contributed by atoms with Gasteiger partial charge in [0, 0.05) is 10.8 Å². The van der Waals surface area contributed by atoms with E-state index in [2.05, 4.69) is 36.9 Å². The summed E-state index contributed by atoms with van der Waals surface area (Å²) in [6.45, 7) is 3.89. The van der Waals surface area contributed by atoms with Crippen molar-refractivity contribution in [1.82, 2.24) is 0 Å². The van der Waals surface area contributed by atoms with Crippen molar-refractivity contribution in [1.29, 1.82) is 0 Å². The number of rotatable bonds is 1. The van der Waals surface area contributed by atoms with Crippen LogP contribution in [0.2, 0.25) is 0 Å². The highest BCUT2D eigenvalue weighted by atomic mass is 16.3. The Morgan fingerprint density at radius 1 is 0.737 bits per heavy atom. The predicted octanol–water partition coefficient (Wildman–Crippen LogP) is 5.38. The van der Waals surface area contributed by atoms with Gasteiger partial charge >= 0.3 is 0 Å². The molecule has 1 aromatic heterocycles. The number of benzene rings is 3. The molecule has 3 aromatic carbocycles. The summed E-state index contributed by atoms with van der Waals surface area (Å²) < 4.78 is 5.91. The Morgan fingerprint density at radius 3 is 2.47 bits per heavy atom. The first kappa shape index (κ1) is 10.4. The predicted molar refractivity (Wildman–Crippen MR) is 81.3 cm³/mol. The highest BCUT2D eigenvalue weighted by molar-refractivity contribution is 6.19. The van der Waals surface area contributed by atoms with E-state index in [-0.39, 0.29) is 0 Å². The second-order valence-electron chi connectivity index (χ2n) is 4.68. The Kier molecular flexibility index (Phi) is 2.04. The van der Waals surface area contributed by atoms with Crippen molar-refractivity contribution in [2.24, 2.45) is 0 Å². The summed E-state index contributed by atoms with van der Waals surface area (Å²) in [5.74, 6) is 0. The van der Waals surface area contributed by atoms with Crippen molar-refractivity contribution in [3.05, 3.63) is 66.7 Å². The molecule has 1 heteroatoms. The van der Waals surface area contributed by atoms with Crippen molar-refractivity contribution in [2.75, 3.05) is 0 Å². The first-order chi connectivity index (χ1) is 9.38. The highest BCUT2D eigenvalue weighted by Crippen LogP contribution is 2.35. The van der Waals surface area contributed by atoms with E-state index >= 15 is 0 Å². The first-order valence-electron chi connectivity index (χ1n) is 6.34. The lowest BCUT2D eigenvalue weighted by Gasteiger charge is -2.03. The van der Waals surface area contributed by atoms with Crippen molar-refractivity contribution >= 4 is 38.8 Å². The van der Waals surface area contributed by atoms with E-state index in [1.807, 2.05) is 30.3 Å². The Labute approximate surface area is 110 Å². The molecule has 0 aliphatic carbocycles. The van der Waals surface area contributed by atoms with Crippen molar-refractivity contribution < 1.29 is 4.42 Å². The van der Waals surface area contributed by atoms with Gasteiger partial charge in [-0.1, -0.05) is 55.1 Å². The smallest absolute Gasteiger partial charge is 0.136 e. The third kappa shape index (κ3) is 1.36. The first-order valence-corrected chi connectivity index (χ1v) is 6.34. The molecule has 0 atom stereocenters. The molecule has 0 aliphatic heterocycles. The summed E-state index contributed by atoms with van der Waals surface area (Å²) in [6.07, 6.45) is 1.90. The molecule has 0 bridgehead atoms. The zero-order valence-corrected chi connectivity index (χ0v) is 10.4. The van der Waals surface area contributed by atoms with Crippen LogP contribution in [0.1, 0.15) is 5.56 Å². The second kappa shape index (κ2) is 3.72. The molecule has 4 aromatic rings. The van der Waals surface area contributed by atoms with Crippen LogP contribution in [-0.2, 0) is 0 Å². The van der Waals surface area contributed by atoms with Crippen LogP contribution in [0.15, 0.2) is 65.6 Å². The molecule has 1 nitrogen and oxygen atoms in total. The molecule has 0 fully saturated rings. The number of fused-ring (bicyclic) bond motifs is 5. The Morgan fingerprint density at radius 2 is 1.58 bits per heavy atom. The maximum atomic E-state index is 5.91. The van der Waals surface area contributed by atoms with E-state index in [0.29, 0.717) is 0 Å². The summed E-state index contributed by atoms with van der Waals surface area (Å²) >= 11 is 0. The summed E-state index contributed by atoms with van der Waals surface area (Å²) in [4.78, 5) is 0. The molecular formula is C18H12O. The quantitative estimate of drug-likeness (QED) is 0.438. The fourth-order valence-electron chi connectivity index (χ4n) is 2.78. The SMILES string of the molecule is C=Cc1cccc2c1ccc1oc3ccccc3c12. The fraction of sp³-hybridized carbons (Fsp3) is 0. The Balaban J connectivity index is 2.33. The molecule has 0 unspecified atom stereocenters. The lowest BCUT2D eigenvalue weighted by Crippen LogP contribution is -1.78. The topological polar surface area (TPSA) is 13.1 Å². The van der Waals surface area contributed by atoms with Gasteiger partial charge in [-0.15, -0.1) is 0 Å². The molecule has 19 heavy (non-hydrogen) atoms. The molecule has 0 amide bonds. The number of hydrogen-bond acceptors (Lipinski definition) is 1. The van der Waals surface area contributed by atoms with Crippen LogP contribution in [0.3, 0.4) is 0 Å². The second-order valence-corrected chi connectivity index (χ2v) is 4.68. The molecule has 4 rings (SSSR count). The van der Waals surface area contributed by atoms with Gasteiger partial charge in [-0.05, 0) is 28.5 Å². The fourth-order valence-corrected chi connectivity index (χ4v) is 2.78. The molecule has 0 N–H and O–H groups in total. The minimum atomic E-state index is 0.939. The average molecular weight is 244 g/mol. The number of hydrogen-bond donors (Lipinski definition) is 0. The van der Waals surface area contributed by atoms with E-state index in [0.717, 1.165) is 16.7 Å². The standard InChI is InChI=1S/C18H12O/c1-2-12-6-5-8-14-13(12)10-11-17-18(14)15-7-3-4-9-16(15)19-17/h2-11H,1H2. The van der Waals surface area contributed by atoms with Gasteiger partial charge in [-0.25, -0.2) is 0 Å². The number of furan rings is 1. The van der Waals surface area contributed by atoms with Crippen LogP contribution >= 0.6 is 0 Å². The summed E-state index contributed by atoms with van der Waals surface area (Å²) in [5.41, 5.74) is 3.04. The summed E-state index contributed by atoms with van der Waals surface area (Å²) in [7, 11) is 0. The molecule has 0 radical (unpaired) electrons. The Bertz CT molecular complexity index is 928. The van der Waals surface area contributed by atoms with Crippen LogP contribution in [0.5, 0.6) is 0 Å². The summed E-state index contributed by atoms with van der Waals surface area (Å²) in [5, 5.41) is 4.80. The van der Waals surface area contributed by atoms with Crippen molar-refractivity contribution in [2.45, 2.75) is 0 Å². The zero-order chi connectivity index (χ0) is 12.8. The van der Waals surface area contributed by atoms with Crippen LogP contribution < -0.4 is 0 Å². The van der Waals surface area contributed by atoms with E-state index in [1.165, 1.54) is 21.5 Å². The minimum absolute atomic E-state index is 0.939. The average Bonchev–Trinajstić information content (AvgIpc) is 2.85. The van der Waals surface area contributed by atoms with Crippen LogP contribution in [-0.4, -0.2) is 0 Å². The molecular weight excluding hydrogens is 232 g/mol. The third-order valence-corrected chi connectivity index (χ3v) is 3.65. The molecule has 1 heterocycles. The number of para-hydroxylation sites is 1. The normalized spacial score (nSPS) is 11.4. The van der Waals surface area contributed by atoms with E-state index < -0.39 is 0 Å². The van der Waals surface area contributed by atoms with Gasteiger partial charge in [0.05, 0.1) is 0 Å². The van der Waals surface area contributed by atoms with Gasteiger partial charge in [-0.2, -0.15) is 0 Å². The largest absolute Gasteiger partial charge is 0.456 e. The lowest BCUT2D eigenvalue weighted by molar-refractivity contribution is 0.669. The van der Waals surface area contributed by atoms with Gasteiger partial charge in [-0.3, -0.25) is 0 Å². The molecule has 0 spiro atoms. The highest BCUT2D eigenvalue weighted by Gasteiger charge is 2.10. The Hall–Kier alpha value is -2.54. The van der Waals surface area contributed by atoms with Gasteiger partial charge in [0.2, 0.25) is 0 Å². The summed E-state index contributed by atoms with van der Waals surface area (Å²) in [6, 6.07) is 18.6. The van der Waals surface area contributed by atoms with Gasteiger partial charge in [0.1, 0.15) is 11.2 Å². The van der Waals surface area contributed by atoms with E-state index in [9.17, 15) is 0 Å². The molecule has 90 valence electrons. The molecule has 0 aliphatic rings. The maximum Gasteiger partial charge on any atom is 0.136 e. The van der Waals surface area contributed by atoms with Crippen LogP contribution in [0.4, 0.5) is 0 Å². The van der Waals surface area contributed by atoms with Crippen LogP contribution in [0, 0.1) is 0 Å². The minimum Gasteiger partial charge on any atom is -0.456 e. The van der Waals surface area contributed by atoms with Crippen LogP contribution in [0.25, 0.3) is 38.8 Å². The zero-order valence-electron chi connectivity index (χ0n) is 10.4. The van der Waals surface area contributed by atoms with E-state index in [4.69, 9.17) is 4.42 Å². The molecule has 0 saturated carbocycles. The van der Waals surface area contributed by atoms with Crippen molar-refractivity contribution in [3.63, 3.8) is 0 Å². The van der Waals surface area contributed by atoms with Gasteiger partial charge in [0.25, 0.3) is 0 Å².